The minimum Gasteiger partial charge on any atom is -0.391 e. The van der Waals surface area contributed by atoms with Crippen molar-refractivity contribution in [1.29, 1.82) is 0 Å². The van der Waals surface area contributed by atoms with Gasteiger partial charge in [-0.25, -0.2) is 0 Å². The van der Waals surface area contributed by atoms with Gasteiger partial charge >= 0.3 is 0 Å². The van der Waals surface area contributed by atoms with E-state index in [9.17, 15) is 5.11 Å². The zero-order valence-corrected chi connectivity index (χ0v) is 8.97. The Morgan fingerprint density at radius 2 is 2.27 bits per heavy atom. The van der Waals surface area contributed by atoms with E-state index in [-0.39, 0.29) is 0 Å². The molecule has 0 saturated heterocycles. The van der Waals surface area contributed by atoms with Gasteiger partial charge in [0.1, 0.15) is 0 Å². The van der Waals surface area contributed by atoms with Gasteiger partial charge in [-0.3, -0.25) is 4.68 Å². The number of rotatable bonds is 4. The Bertz CT molecular complexity index is 305. The molecule has 1 atom stereocenters. The number of aromatic nitrogens is 2. The Hall–Kier alpha value is -0.870. The fourth-order valence-corrected chi connectivity index (χ4v) is 2.18. The maximum atomic E-state index is 9.41. The molecule has 0 amide bonds. The van der Waals surface area contributed by atoms with Crippen LogP contribution in [0.3, 0.4) is 0 Å². The molecule has 1 aliphatic carbocycles. The van der Waals surface area contributed by atoms with E-state index in [0.29, 0.717) is 19.0 Å². The molecule has 1 aromatic rings. The SMILES string of the molecule is NCC(O)Cc1ccn(C2CCCC2)n1. The third-order valence-corrected chi connectivity index (χ3v) is 3.08. The Kier molecular flexibility index (Phi) is 3.38. The fourth-order valence-electron chi connectivity index (χ4n) is 2.18. The summed E-state index contributed by atoms with van der Waals surface area (Å²) in [6.45, 7) is 0.302. The van der Waals surface area contributed by atoms with Crippen LogP contribution in [0.25, 0.3) is 0 Å². The van der Waals surface area contributed by atoms with Crippen molar-refractivity contribution in [2.45, 2.75) is 44.2 Å². The number of aliphatic hydroxyl groups is 1. The number of aliphatic hydroxyl groups excluding tert-OH is 1. The lowest BCUT2D eigenvalue weighted by molar-refractivity contribution is 0.181. The van der Waals surface area contributed by atoms with Crippen LogP contribution in [0.5, 0.6) is 0 Å². The van der Waals surface area contributed by atoms with Crippen molar-refractivity contribution in [2.75, 3.05) is 6.54 Å². The normalized spacial score (nSPS) is 19.6. The molecule has 1 saturated carbocycles. The summed E-state index contributed by atoms with van der Waals surface area (Å²) < 4.78 is 2.05. The van der Waals surface area contributed by atoms with Crippen LogP contribution in [-0.4, -0.2) is 27.5 Å². The van der Waals surface area contributed by atoms with Gasteiger partial charge in [-0.15, -0.1) is 0 Å². The molecule has 0 aromatic carbocycles. The van der Waals surface area contributed by atoms with Gasteiger partial charge in [0.25, 0.3) is 0 Å². The van der Waals surface area contributed by atoms with Crippen LogP contribution in [0.4, 0.5) is 0 Å². The minimum atomic E-state index is -0.461. The molecule has 1 heterocycles. The van der Waals surface area contributed by atoms with Gasteiger partial charge in [0.2, 0.25) is 0 Å². The zero-order chi connectivity index (χ0) is 10.7. The van der Waals surface area contributed by atoms with Crippen LogP contribution >= 0.6 is 0 Å². The van der Waals surface area contributed by atoms with Crippen molar-refractivity contribution in [1.82, 2.24) is 9.78 Å². The highest BCUT2D eigenvalue weighted by atomic mass is 16.3. The van der Waals surface area contributed by atoms with Gasteiger partial charge in [-0.1, -0.05) is 12.8 Å². The largest absolute Gasteiger partial charge is 0.391 e. The highest BCUT2D eigenvalue weighted by Crippen LogP contribution is 2.28. The van der Waals surface area contributed by atoms with Crippen LogP contribution in [0.1, 0.15) is 37.4 Å². The molecule has 1 fully saturated rings. The lowest BCUT2D eigenvalue weighted by Gasteiger charge is -2.09. The molecule has 1 aliphatic rings. The number of hydrogen-bond acceptors (Lipinski definition) is 3. The van der Waals surface area contributed by atoms with E-state index in [4.69, 9.17) is 5.73 Å². The standard InChI is InChI=1S/C11H19N3O/c12-8-11(15)7-9-5-6-14(13-9)10-3-1-2-4-10/h5-6,10-11,15H,1-4,7-8,12H2. The fraction of sp³-hybridized carbons (Fsp3) is 0.727. The molecule has 1 aromatic heterocycles. The molecule has 0 radical (unpaired) electrons. The van der Waals surface area contributed by atoms with Crippen molar-refractivity contribution in [3.63, 3.8) is 0 Å². The van der Waals surface area contributed by atoms with E-state index in [0.717, 1.165) is 5.69 Å². The summed E-state index contributed by atoms with van der Waals surface area (Å²) >= 11 is 0. The van der Waals surface area contributed by atoms with E-state index in [1.165, 1.54) is 25.7 Å². The summed E-state index contributed by atoms with van der Waals surface area (Å²) in [5.41, 5.74) is 6.31. The Labute approximate surface area is 90.1 Å². The molecule has 15 heavy (non-hydrogen) atoms. The van der Waals surface area contributed by atoms with Gasteiger partial charge in [-0.2, -0.15) is 5.10 Å². The van der Waals surface area contributed by atoms with Gasteiger partial charge in [0.05, 0.1) is 17.8 Å². The predicted molar refractivity (Wildman–Crippen MR) is 58.5 cm³/mol. The van der Waals surface area contributed by atoms with Gasteiger partial charge in [0, 0.05) is 19.2 Å². The highest BCUT2D eigenvalue weighted by Gasteiger charge is 2.17. The molecule has 0 aliphatic heterocycles. The molecule has 84 valence electrons. The van der Waals surface area contributed by atoms with Crippen LogP contribution in [0.2, 0.25) is 0 Å². The second-order valence-electron chi connectivity index (χ2n) is 4.32. The molecule has 4 heteroatoms. The Morgan fingerprint density at radius 3 is 2.93 bits per heavy atom. The topological polar surface area (TPSA) is 64.1 Å². The van der Waals surface area contributed by atoms with Crippen molar-refractivity contribution in [3.8, 4) is 0 Å². The summed E-state index contributed by atoms with van der Waals surface area (Å²) in [7, 11) is 0. The smallest absolute Gasteiger partial charge is 0.0718 e. The quantitative estimate of drug-likeness (QED) is 0.773. The molecule has 0 bridgehead atoms. The van der Waals surface area contributed by atoms with Crippen LogP contribution in [-0.2, 0) is 6.42 Å². The molecule has 2 rings (SSSR count). The van der Waals surface area contributed by atoms with E-state index in [1.807, 2.05) is 16.9 Å². The molecule has 0 spiro atoms. The zero-order valence-electron chi connectivity index (χ0n) is 8.97. The number of hydrogen-bond donors (Lipinski definition) is 2. The maximum Gasteiger partial charge on any atom is 0.0718 e. The average molecular weight is 209 g/mol. The van der Waals surface area contributed by atoms with Gasteiger partial charge in [-0.05, 0) is 18.9 Å². The van der Waals surface area contributed by atoms with Crippen molar-refractivity contribution < 1.29 is 5.11 Å². The van der Waals surface area contributed by atoms with E-state index in [1.54, 1.807) is 0 Å². The Morgan fingerprint density at radius 1 is 1.53 bits per heavy atom. The molecular formula is C11H19N3O. The molecular weight excluding hydrogens is 190 g/mol. The second kappa shape index (κ2) is 4.77. The second-order valence-corrected chi connectivity index (χ2v) is 4.32. The van der Waals surface area contributed by atoms with Crippen molar-refractivity contribution in [3.05, 3.63) is 18.0 Å². The summed E-state index contributed by atoms with van der Waals surface area (Å²) in [6.07, 6.45) is 7.22. The van der Waals surface area contributed by atoms with Crippen LogP contribution < -0.4 is 5.73 Å². The summed E-state index contributed by atoms with van der Waals surface area (Å²) in [5, 5.41) is 13.9. The first-order valence-corrected chi connectivity index (χ1v) is 5.72. The van der Waals surface area contributed by atoms with E-state index >= 15 is 0 Å². The first kappa shape index (κ1) is 10.6. The lowest BCUT2D eigenvalue weighted by atomic mass is 10.2. The van der Waals surface area contributed by atoms with Crippen molar-refractivity contribution >= 4 is 0 Å². The van der Waals surface area contributed by atoms with Crippen LogP contribution in [0.15, 0.2) is 12.3 Å². The summed E-state index contributed by atoms with van der Waals surface area (Å²) in [5.74, 6) is 0. The first-order chi connectivity index (χ1) is 7.29. The number of nitrogens with two attached hydrogens (primary N) is 1. The van der Waals surface area contributed by atoms with Crippen LogP contribution in [0, 0.1) is 0 Å². The Balaban J connectivity index is 1.97. The summed E-state index contributed by atoms with van der Waals surface area (Å²) in [4.78, 5) is 0. The first-order valence-electron chi connectivity index (χ1n) is 5.72. The van der Waals surface area contributed by atoms with Gasteiger partial charge < -0.3 is 10.8 Å². The van der Waals surface area contributed by atoms with E-state index < -0.39 is 6.10 Å². The third-order valence-electron chi connectivity index (χ3n) is 3.08. The summed E-state index contributed by atoms with van der Waals surface area (Å²) in [6, 6.07) is 2.56. The number of nitrogens with zero attached hydrogens (tertiary/aromatic N) is 2. The molecule has 1 unspecified atom stereocenters. The van der Waals surface area contributed by atoms with Gasteiger partial charge in [0.15, 0.2) is 0 Å². The maximum absolute atomic E-state index is 9.41. The predicted octanol–water partition coefficient (Wildman–Crippen LogP) is 0.860. The minimum absolute atomic E-state index is 0.302. The third kappa shape index (κ3) is 2.58. The van der Waals surface area contributed by atoms with E-state index in [2.05, 4.69) is 5.10 Å². The molecule has 4 nitrogen and oxygen atoms in total. The molecule has 3 N–H and O–H groups in total. The average Bonchev–Trinajstić information content (AvgIpc) is 2.85. The monoisotopic (exact) mass is 209 g/mol. The highest BCUT2D eigenvalue weighted by molar-refractivity contribution is 5.01. The lowest BCUT2D eigenvalue weighted by Crippen LogP contribution is -2.22. The van der Waals surface area contributed by atoms with Crippen molar-refractivity contribution in [2.24, 2.45) is 5.73 Å².